The monoisotopic (exact) mass is 294 g/mol. The van der Waals surface area contributed by atoms with Gasteiger partial charge in [0.15, 0.2) is 0 Å². The van der Waals surface area contributed by atoms with Gasteiger partial charge in [0, 0.05) is 24.8 Å². The van der Waals surface area contributed by atoms with Gasteiger partial charge in [-0.3, -0.25) is 9.69 Å². The number of carbonyl (C=O) groups is 1. The minimum Gasteiger partial charge on any atom is -0.424 e. The molecule has 0 fully saturated rings. The average molecular weight is 294 g/mol. The van der Waals surface area contributed by atoms with E-state index in [1.54, 1.807) is 18.3 Å². The molecule has 2 rings (SSSR count). The van der Waals surface area contributed by atoms with Crippen molar-refractivity contribution in [3.05, 3.63) is 34.2 Å². The van der Waals surface area contributed by atoms with Crippen molar-refractivity contribution in [3.8, 4) is 0 Å². The van der Waals surface area contributed by atoms with Gasteiger partial charge in [-0.25, -0.2) is 0 Å². The molecule has 0 atom stereocenters. The fraction of sp³-hybridized carbons (Fsp3) is 0.462. The third-order valence-electron chi connectivity index (χ3n) is 2.73. The highest BCUT2D eigenvalue weighted by Crippen LogP contribution is 2.07. The summed E-state index contributed by atoms with van der Waals surface area (Å²) in [6.07, 6.45) is 0.453. The molecule has 108 valence electrons. The second-order valence-corrected chi connectivity index (χ2v) is 5.59. The molecule has 0 saturated heterocycles. The lowest BCUT2D eigenvalue weighted by molar-refractivity contribution is -0.121. The van der Waals surface area contributed by atoms with Crippen LogP contribution in [0.1, 0.15) is 23.1 Å². The Morgan fingerprint density at radius 1 is 1.50 bits per heavy atom. The van der Waals surface area contributed by atoms with Crippen LogP contribution in [0.25, 0.3) is 0 Å². The molecule has 2 heterocycles. The minimum absolute atomic E-state index is 0.0481. The zero-order valence-corrected chi connectivity index (χ0v) is 12.4. The van der Waals surface area contributed by atoms with Crippen LogP contribution >= 0.6 is 11.3 Å². The maximum atomic E-state index is 11.7. The highest BCUT2D eigenvalue weighted by Gasteiger charge is 2.09. The third-order valence-corrected chi connectivity index (χ3v) is 3.61. The fourth-order valence-electron chi connectivity index (χ4n) is 1.69. The molecular weight excluding hydrogens is 276 g/mol. The number of rotatable bonds is 7. The van der Waals surface area contributed by atoms with Crippen LogP contribution in [-0.4, -0.2) is 34.6 Å². The van der Waals surface area contributed by atoms with Gasteiger partial charge in [-0.15, -0.1) is 21.5 Å². The molecular formula is C13H18N4O2S. The van der Waals surface area contributed by atoms with Crippen molar-refractivity contribution in [1.29, 1.82) is 0 Å². The molecule has 0 saturated carbocycles. The van der Waals surface area contributed by atoms with Crippen molar-refractivity contribution in [2.24, 2.45) is 0 Å². The highest BCUT2D eigenvalue weighted by atomic mass is 32.1. The van der Waals surface area contributed by atoms with Crippen LogP contribution in [0.4, 0.5) is 0 Å². The number of nitrogens with zero attached hydrogens (tertiary/aromatic N) is 3. The number of hydrogen-bond acceptors (Lipinski definition) is 6. The molecule has 20 heavy (non-hydrogen) atoms. The number of amides is 1. The van der Waals surface area contributed by atoms with E-state index in [9.17, 15) is 4.79 Å². The molecule has 2 aromatic heterocycles. The Morgan fingerprint density at radius 3 is 3.00 bits per heavy atom. The van der Waals surface area contributed by atoms with E-state index in [2.05, 4.69) is 15.5 Å². The Bertz CT molecular complexity index is 538. The Hall–Kier alpha value is -1.73. The first-order valence-corrected chi connectivity index (χ1v) is 7.28. The first-order valence-electron chi connectivity index (χ1n) is 6.40. The Labute approximate surface area is 121 Å². The molecule has 0 radical (unpaired) electrons. The first-order chi connectivity index (χ1) is 9.63. The Morgan fingerprint density at radius 2 is 2.35 bits per heavy atom. The number of hydrogen-bond donors (Lipinski definition) is 1. The molecule has 0 aliphatic heterocycles. The zero-order chi connectivity index (χ0) is 14.4. The van der Waals surface area contributed by atoms with Crippen LogP contribution in [0, 0.1) is 6.92 Å². The topological polar surface area (TPSA) is 71.3 Å². The van der Waals surface area contributed by atoms with Gasteiger partial charge in [-0.05, 0) is 18.5 Å². The third kappa shape index (κ3) is 4.75. The van der Waals surface area contributed by atoms with Gasteiger partial charge in [-0.2, -0.15) is 0 Å². The molecule has 0 bridgehead atoms. The lowest BCUT2D eigenvalue weighted by Crippen LogP contribution is -2.28. The van der Waals surface area contributed by atoms with Crippen LogP contribution in [0.15, 0.2) is 21.9 Å². The van der Waals surface area contributed by atoms with Crippen LogP contribution in [0.5, 0.6) is 0 Å². The molecule has 7 heteroatoms. The molecule has 1 N–H and O–H groups in total. The van der Waals surface area contributed by atoms with E-state index in [1.807, 2.05) is 29.5 Å². The first kappa shape index (κ1) is 14.7. The maximum absolute atomic E-state index is 11.7. The molecule has 6 nitrogen and oxygen atoms in total. The molecule has 0 aromatic carbocycles. The summed E-state index contributed by atoms with van der Waals surface area (Å²) < 4.78 is 5.29. The van der Waals surface area contributed by atoms with Gasteiger partial charge < -0.3 is 9.73 Å². The lowest BCUT2D eigenvalue weighted by atomic mass is 10.3. The molecule has 2 aromatic rings. The van der Waals surface area contributed by atoms with E-state index in [0.29, 0.717) is 37.8 Å². The quantitative estimate of drug-likeness (QED) is 0.839. The summed E-state index contributed by atoms with van der Waals surface area (Å²) in [5, 5.41) is 12.6. The van der Waals surface area contributed by atoms with E-state index in [4.69, 9.17) is 4.42 Å². The average Bonchev–Trinajstić information content (AvgIpc) is 3.06. The summed E-state index contributed by atoms with van der Waals surface area (Å²) in [6, 6.07) is 3.99. The van der Waals surface area contributed by atoms with Crippen molar-refractivity contribution in [3.63, 3.8) is 0 Å². The highest BCUT2D eigenvalue weighted by molar-refractivity contribution is 7.09. The number of aryl methyl sites for hydroxylation is 1. The fourth-order valence-corrected chi connectivity index (χ4v) is 2.34. The van der Waals surface area contributed by atoms with E-state index in [-0.39, 0.29) is 5.91 Å². The molecule has 1 amide bonds. The van der Waals surface area contributed by atoms with Crippen molar-refractivity contribution >= 4 is 17.2 Å². The van der Waals surface area contributed by atoms with Crippen LogP contribution in [0.2, 0.25) is 0 Å². The Kier molecular flexibility index (Phi) is 5.25. The SMILES string of the molecule is Cc1nnc(CN(C)CCC(=O)NCc2cccs2)o1. The summed E-state index contributed by atoms with van der Waals surface area (Å²) in [4.78, 5) is 14.9. The lowest BCUT2D eigenvalue weighted by Gasteiger charge is -2.13. The van der Waals surface area contributed by atoms with Crippen molar-refractivity contribution in [2.75, 3.05) is 13.6 Å². The normalized spacial score (nSPS) is 10.9. The van der Waals surface area contributed by atoms with E-state index >= 15 is 0 Å². The Balaban J connectivity index is 1.65. The predicted octanol–water partition coefficient (Wildman–Crippen LogP) is 1.58. The molecule has 0 spiro atoms. The predicted molar refractivity (Wildman–Crippen MR) is 76.2 cm³/mol. The standard InChI is InChI=1S/C13H18N4O2S/c1-10-15-16-13(19-10)9-17(2)6-5-12(18)14-8-11-4-3-7-20-11/h3-4,7H,5-6,8-9H2,1-2H3,(H,14,18). The summed E-state index contributed by atoms with van der Waals surface area (Å²) in [5.74, 6) is 1.18. The number of nitrogens with one attached hydrogen (secondary N) is 1. The molecule has 0 aliphatic rings. The summed E-state index contributed by atoms with van der Waals surface area (Å²) >= 11 is 1.64. The van der Waals surface area contributed by atoms with Crippen molar-refractivity contribution < 1.29 is 9.21 Å². The van der Waals surface area contributed by atoms with Crippen molar-refractivity contribution in [1.82, 2.24) is 20.4 Å². The van der Waals surface area contributed by atoms with Crippen LogP contribution in [0.3, 0.4) is 0 Å². The van der Waals surface area contributed by atoms with Gasteiger partial charge in [0.05, 0.1) is 13.1 Å². The summed E-state index contributed by atoms with van der Waals surface area (Å²) in [7, 11) is 1.92. The largest absolute Gasteiger partial charge is 0.424 e. The maximum Gasteiger partial charge on any atom is 0.230 e. The van der Waals surface area contributed by atoms with Gasteiger partial charge >= 0.3 is 0 Å². The summed E-state index contributed by atoms with van der Waals surface area (Å²) in [5.41, 5.74) is 0. The van der Waals surface area contributed by atoms with E-state index in [1.165, 1.54) is 0 Å². The van der Waals surface area contributed by atoms with Gasteiger partial charge in [0.25, 0.3) is 0 Å². The summed E-state index contributed by atoms with van der Waals surface area (Å²) in [6.45, 7) is 3.56. The van der Waals surface area contributed by atoms with E-state index in [0.717, 1.165) is 4.88 Å². The smallest absolute Gasteiger partial charge is 0.230 e. The van der Waals surface area contributed by atoms with Crippen molar-refractivity contribution in [2.45, 2.75) is 26.4 Å². The second-order valence-electron chi connectivity index (χ2n) is 4.56. The number of thiophene rings is 1. The second kappa shape index (κ2) is 7.16. The van der Waals surface area contributed by atoms with Gasteiger partial charge in [0.2, 0.25) is 17.7 Å². The van der Waals surface area contributed by atoms with Gasteiger partial charge in [-0.1, -0.05) is 6.07 Å². The zero-order valence-electron chi connectivity index (χ0n) is 11.6. The number of carbonyl (C=O) groups excluding carboxylic acids is 1. The van der Waals surface area contributed by atoms with Crippen LogP contribution in [-0.2, 0) is 17.9 Å². The van der Waals surface area contributed by atoms with Gasteiger partial charge in [0.1, 0.15) is 0 Å². The minimum atomic E-state index is 0.0481. The number of aromatic nitrogens is 2. The van der Waals surface area contributed by atoms with Crippen LogP contribution < -0.4 is 5.32 Å². The van der Waals surface area contributed by atoms with E-state index < -0.39 is 0 Å². The molecule has 0 unspecified atom stereocenters. The molecule has 0 aliphatic carbocycles.